The number of hydrogen-bond donors (Lipinski definition) is 1. The summed E-state index contributed by atoms with van der Waals surface area (Å²) in [5.74, 6) is -0.224. The number of hydrogen-bond acceptors (Lipinski definition) is 1. The van der Waals surface area contributed by atoms with Gasteiger partial charge in [0, 0.05) is 6.42 Å². The van der Waals surface area contributed by atoms with Gasteiger partial charge in [0.05, 0.1) is 6.04 Å². The van der Waals surface area contributed by atoms with Gasteiger partial charge < -0.3 is 5.32 Å². The second-order valence-corrected chi connectivity index (χ2v) is 6.00. The second kappa shape index (κ2) is 7.91. The van der Waals surface area contributed by atoms with Gasteiger partial charge in [0.1, 0.15) is 5.82 Å². The number of nitrogens with one attached hydrogen (secondary N) is 1. The molecular formula is C20H24FNO. The first-order valence-electron chi connectivity index (χ1n) is 8.10. The number of benzene rings is 2. The summed E-state index contributed by atoms with van der Waals surface area (Å²) in [5, 5.41) is 3.10. The predicted octanol–water partition coefficient (Wildman–Crippen LogP) is 4.64. The van der Waals surface area contributed by atoms with Crippen molar-refractivity contribution in [2.75, 3.05) is 0 Å². The zero-order valence-corrected chi connectivity index (χ0v) is 14.0. The molecule has 2 aromatic rings. The highest BCUT2D eigenvalue weighted by atomic mass is 19.1. The molecule has 0 spiro atoms. The Balaban J connectivity index is 1.94. The quantitative estimate of drug-likeness (QED) is 0.827. The van der Waals surface area contributed by atoms with Crippen LogP contribution in [0, 0.1) is 19.7 Å². The van der Waals surface area contributed by atoms with E-state index in [9.17, 15) is 9.18 Å². The summed E-state index contributed by atoms with van der Waals surface area (Å²) in [4.78, 5) is 12.2. The normalized spacial score (nSPS) is 12.0. The van der Waals surface area contributed by atoms with Gasteiger partial charge in [-0.25, -0.2) is 4.39 Å². The summed E-state index contributed by atoms with van der Waals surface area (Å²) in [5.41, 5.74) is 4.61. The van der Waals surface area contributed by atoms with E-state index in [1.54, 1.807) is 12.1 Å². The van der Waals surface area contributed by atoms with Crippen LogP contribution >= 0.6 is 0 Å². The fourth-order valence-electron chi connectivity index (χ4n) is 2.58. The van der Waals surface area contributed by atoms with E-state index in [-0.39, 0.29) is 17.8 Å². The Labute approximate surface area is 137 Å². The average Bonchev–Trinajstić information content (AvgIpc) is 2.55. The monoisotopic (exact) mass is 313 g/mol. The molecule has 0 bridgehead atoms. The van der Waals surface area contributed by atoms with Crippen LogP contribution in [0.5, 0.6) is 0 Å². The molecule has 2 nitrogen and oxygen atoms in total. The Hall–Kier alpha value is -2.16. The number of amides is 1. The van der Waals surface area contributed by atoms with Crippen molar-refractivity contribution in [1.82, 2.24) is 5.32 Å². The van der Waals surface area contributed by atoms with E-state index in [2.05, 4.69) is 44.3 Å². The van der Waals surface area contributed by atoms with Crippen LogP contribution in [-0.4, -0.2) is 5.91 Å². The lowest BCUT2D eigenvalue weighted by Crippen LogP contribution is -2.28. The van der Waals surface area contributed by atoms with E-state index in [0.717, 1.165) is 17.5 Å². The summed E-state index contributed by atoms with van der Waals surface area (Å²) in [6, 6.07) is 12.7. The standard InChI is InChI=1S/C20H24FNO/c1-4-19(17-9-5-14(2)15(3)13-17)22-20(23)12-8-16-6-10-18(21)11-7-16/h5-7,9-11,13,19H,4,8,12H2,1-3H3,(H,22,23). The first-order chi connectivity index (χ1) is 11.0. The highest BCUT2D eigenvalue weighted by Crippen LogP contribution is 2.20. The SMILES string of the molecule is CCC(NC(=O)CCc1ccc(F)cc1)c1ccc(C)c(C)c1. The van der Waals surface area contributed by atoms with Crippen molar-refractivity contribution < 1.29 is 9.18 Å². The Kier molecular flexibility index (Phi) is 5.91. The predicted molar refractivity (Wildman–Crippen MR) is 91.8 cm³/mol. The summed E-state index contributed by atoms with van der Waals surface area (Å²) in [6.07, 6.45) is 1.88. The molecule has 0 aliphatic carbocycles. The van der Waals surface area contributed by atoms with E-state index < -0.39 is 0 Å². The molecule has 1 N–H and O–H groups in total. The van der Waals surface area contributed by atoms with Crippen LogP contribution in [0.15, 0.2) is 42.5 Å². The van der Waals surface area contributed by atoms with Gasteiger partial charge in [0.2, 0.25) is 5.91 Å². The smallest absolute Gasteiger partial charge is 0.220 e. The maximum Gasteiger partial charge on any atom is 0.220 e. The van der Waals surface area contributed by atoms with E-state index in [1.165, 1.54) is 23.3 Å². The van der Waals surface area contributed by atoms with Crippen molar-refractivity contribution in [3.63, 3.8) is 0 Å². The summed E-state index contributed by atoms with van der Waals surface area (Å²) in [6.45, 7) is 6.24. The van der Waals surface area contributed by atoms with Crippen molar-refractivity contribution in [3.05, 3.63) is 70.5 Å². The number of carbonyl (C=O) groups excluding carboxylic acids is 1. The van der Waals surface area contributed by atoms with Gasteiger partial charge in [0.25, 0.3) is 0 Å². The molecule has 23 heavy (non-hydrogen) atoms. The third kappa shape index (κ3) is 4.92. The fourth-order valence-corrected chi connectivity index (χ4v) is 2.58. The molecule has 1 amide bonds. The molecule has 122 valence electrons. The Morgan fingerprint density at radius 2 is 1.78 bits per heavy atom. The lowest BCUT2D eigenvalue weighted by molar-refractivity contribution is -0.121. The first kappa shape index (κ1) is 17.2. The van der Waals surface area contributed by atoms with Crippen molar-refractivity contribution in [2.24, 2.45) is 0 Å². The van der Waals surface area contributed by atoms with Gasteiger partial charge in [-0.3, -0.25) is 4.79 Å². The molecule has 1 unspecified atom stereocenters. The Morgan fingerprint density at radius 1 is 1.09 bits per heavy atom. The van der Waals surface area contributed by atoms with Crippen LogP contribution in [0.3, 0.4) is 0 Å². The maximum absolute atomic E-state index is 12.9. The number of aryl methyl sites for hydroxylation is 3. The van der Waals surface area contributed by atoms with Crippen LogP contribution in [-0.2, 0) is 11.2 Å². The molecular weight excluding hydrogens is 289 g/mol. The highest BCUT2D eigenvalue weighted by molar-refractivity contribution is 5.76. The zero-order chi connectivity index (χ0) is 16.8. The van der Waals surface area contributed by atoms with E-state index in [4.69, 9.17) is 0 Å². The van der Waals surface area contributed by atoms with E-state index >= 15 is 0 Å². The third-order valence-electron chi connectivity index (χ3n) is 4.23. The summed E-state index contributed by atoms with van der Waals surface area (Å²) in [7, 11) is 0. The molecule has 0 saturated heterocycles. The van der Waals surface area contributed by atoms with Crippen LogP contribution in [0.2, 0.25) is 0 Å². The zero-order valence-electron chi connectivity index (χ0n) is 14.0. The topological polar surface area (TPSA) is 29.1 Å². The summed E-state index contributed by atoms with van der Waals surface area (Å²) >= 11 is 0. The second-order valence-electron chi connectivity index (χ2n) is 6.00. The molecule has 1 atom stereocenters. The van der Waals surface area contributed by atoms with Crippen LogP contribution in [0.1, 0.15) is 48.1 Å². The third-order valence-corrected chi connectivity index (χ3v) is 4.23. The van der Waals surface area contributed by atoms with Gasteiger partial charge in [-0.05, 0) is 61.1 Å². The maximum atomic E-state index is 12.9. The minimum Gasteiger partial charge on any atom is -0.349 e. The Morgan fingerprint density at radius 3 is 2.39 bits per heavy atom. The Bertz CT molecular complexity index is 664. The van der Waals surface area contributed by atoms with Gasteiger partial charge in [-0.15, -0.1) is 0 Å². The number of halogens is 1. The molecule has 2 aromatic carbocycles. The first-order valence-corrected chi connectivity index (χ1v) is 8.10. The van der Waals surface area contributed by atoms with Crippen molar-refractivity contribution in [1.29, 1.82) is 0 Å². The molecule has 3 heteroatoms. The molecule has 2 rings (SSSR count). The van der Waals surface area contributed by atoms with E-state index in [1.807, 2.05) is 0 Å². The molecule has 0 fully saturated rings. The molecule has 0 heterocycles. The average molecular weight is 313 g/mol. The van der Waals surface area contributed by atoms with Crippen molar-refractivity contribution >= 4 is 5.91 Å². The largest absolute Gasteiger partial charge is 0.349 e. The van der Waals surface area contributed by atoms with Crippen LogP contribution < -0.4 is 5.32 Å². The van der Waals surface area contributed by atoms with Gasteiger partial charge >= 0.3 is 0 Å². The lowest BCUT2D eigenvalue weighted by atomic mass is 9.99. The molecule has 0 aliphatic heterocycles. The highest BCUT2D eigenvalue weighted by Gasteiger charge is 2.13. The number of carbonyl (C=O) groups is 1. The lowest BCUT2D eigenvalue weighted by Gasteiger charge is -2.18. The molecule has 0 aromatic heterocycles. The number of rotatable bonds is 6. The fraction of sp³-hybridized carbons (Fsp3) is 0.350. The van der Waals surface area contributed by atoms with Crippen molar-refractivity contribution in [3.8, 4) is 0 Å². The molecule has 0 radical (unpaired) electrons. The van der Waals surface area contributed by atoms with Gasteiger partial charge in [-0.2, -0.15) is 0 Å². The molecule has 0 saturated carbocycles. The van der Waals surface area contributed by atoms with Crippen LogP contribution in [0.4, 0.5) is 4.39 Å². The van der Waals surface area contributed by atoms with Crippen molar-refractivity contribution in [2.45, 2.75) is 46.1 Å². The van der Waals surface area contributed by atoms with Gasteiger partial charge in [0.15, 0.2) is 0 Å². The minimum absolute atomic E-state index is 0.0272. The molecule has 0 aliphatic rings. The minimum atomic E-state index is -0.251. The van der Waals surface area contributed by atoms with E-state index in [0.29, 0.717) is 12.8 Å². The summed E-state index contributed by atoms with van der Waals surface area (Å²) < 4.78 is 12.9. The van der Waals surface area contributed by atoms with Crippen LogP contribution in [0.25, 0.3) is 0 Å². The van der Waals surface area contributed by atoms with Gasteiger partial charge in [-0.1, -0.05) is 37.3 Å².